The quantitative estimate of drug-likeness (QED) is 0.779. The van der Waals surface area contributed by atoms with Crippen LogP contribution in [0.4, 0.5) is 8.78 Å². The first kappa shape index (κ1) is 16.2. The second-order valence-corrected chi connectivity index (χ2v) is 8.04. The molecule has 5 nitrogen and oxygen atoms in total. The molecule has 1 aromatic rings. The summed E-state index contributed by atoms with van der Waals surface area (Å²) in [6, 6.07) is 1.05. The van der Waals surface area contributed by atoms with Crippen molar-refractivity contribution in [3.05, 3.63) is 29.6 Å². The highest BCUT2D eigenvalue weighted by Crippen LogP contribution is 2.24. The first-order valence-corrected chi connectivity index (χ1v) is 9.15. The number of hydrogen-bond acceptors (Lipinski definition) is 5. The van der Waals surface area contributed by atoms with Crippen molar-refractivity contribution < 1.29 is 22.0 Å². The minimum absolute atomic E-state index is 0.116. The SMILES string of the molecule is CCS(=O)(=O)C1CSCCN1C(=O)c1ccnc(F)c1F. The van der Waals surface area contributed by atoms with E-state index >= 15 is 0 Å². The normalized spacial score (nSPS) is 19.6. The molecule has 1 aromatic heterocycles. The zero-order chi connectivity index (χ0) is 15.6. The lowest BCUT2D eigenvalue weighted by Crippen LogP contribution is -2.50. The van der Waals surface area contributed by atoms with Gasteiger partial charge in [-0.2, -0.15) is 16.2 Å². The summed E-state index contributed by atoms with van der Waals surface area (Å²) >= 11 is 1.42. The average molecular weight is 336 g/mol. The Labute approximate surface area is 125 Å². The number of carbonyl (C=O) groups is 1. The molecule has 1 unspecified atom stereocenters. The molecule has 1 atom stereocenters. The number of amides is 1. The second kappa shape index (κ2) is 6.27. The Morgan fingerprint density at radius 1 is 1.52 bits per heavy atom. The van der Waals surface area contributed by atoms with Gasteiger partial charge in [-0.1, -0.05) is 6.92 Å². The smallest absolute Gasteiger partial charge is 0.258 e. The number of hydrogen-bond donors (Lipinski definition) is 0. The molecule has 0 bridgehead atoms. The summed E-state index contributed by atoms with van der Waals surface area (Å²) in [5, 5.41) is -1.01. The summed E-state index contributed by atoms with van der Waals surface area (Å²) in [6.07, 6.45) is 0.980. The molecular formula is C12H14F2N2O3S2. The van der Waals surface area contributed by atoms with Gasteiger partial charge in [0, 0.05) is 30.0 Å². The first-order valence-electron chi connectivity index (χ1n) is 6.28. The van der Waals surface area contributed by atoms with Crippen LogP contribution in [-0.2, 0) is 9.84 Å². The number of thioether (sulfide) groups is 1. The van der Waals surface area contributed by atoms with Crippen LogP contribution in [0.15, 0.2) is 12.3 Å². The third-order valence-corrected chi connectivity index (χ3v) is 6.53. The molecule has 0 N–H and O–H groups in total. The van der Waals surface area contributed by atoms with Gasteiger partial charge in [-0.25, -0.2) is 17.8 Å². The number of aromatic nitrogens is 1. The predicted molar refractivity (Wildman–Crippen MR) is 75.8 cm³/mol. The number of pyridine rings is 1. The molecule has 1 aliphatic rings. The Morgan fingerprint density at radius 3 is 2.90 bits per heavy atom. The second-order valence-electron chi connectivity index (χ2n) is 4.44. The van der Waals surface area contributed by atoms with Crippen molar-refractivity contribution in [2.24, 2.45) is 0 Å². The lowest BCUT2D eigenvalue weighted by atomic mass is 10.2. The molecule has 0 spiro atoms. The summed E-state index contributed by atoms with van der Waals surface area (Å²) in [7, 11) is -3.49. The molecular weight excluding hydrogens is 322 g/mol. The summed E-state index contributed by atoms with van der Waals surface area (Å²) in [4.78, 5) is 16.6. The fourth-order valence-electron chi connectivity index (χ4n) is 2.04. The van der Waals surface area contributed by atoms with Crippen molar-refractivity contribution in [2.75, 3.05) is 23.8 Å². The van der Waals surface area contributed by atoms with Gasteiger partial charge in [0.05, 0.1) is 5.56 Å². The first-order chi connectivity index (χ1) is 9.88. The summed E-state index contributed by atoms with van der Waals surface area (Å²) in [6.45, 7) is 1.67. The van der Waals surface area contributed by atoms with Crippen LogP contribution in [0, 0.1) is 11.8 Å². The summed E-state index contributed by atoms with van der Waals surface area (Å²) < 4.78 is 50.9. The van der Waals surface area contributed by atoms with Crippen molar-refractivity contribution in [3.63, 3.8) is 0 Å². The van der Waals surface area contributed by atoms with E-state index in [1.807, 2.05) is 0 Å². The number of halogens is 2. The van der Waals surface area contributed by atoms with Crippen LogP contribution in [-0.4, -0.2) is 53.4 Å². The third-order valence-electron chi connectivity index (χ3n) is 3.24. The highest BCUT2D eigenvalue weighted by molar-refractivity contribution is 8.01. The minimum Gasteiger partial charge on any atom is -0.320 e. The van der Waals surface area contributed by atoms with Gasteiger partial charge in [-0.15, -0.1) is 0 Å². The fourth-order valence-corrected chi connectivity index (χ4v) is 5.01. The van der Waals surface area contributed by atoms with Crippen molar-refractivity contribution in [3.8, 4) is 0 Å². The molecule has 2 rings (SSSR count). The predicted octanol–water partition coefficient (Wildman–Crippen LogP) is 1.31. The molecule has 0 saturated carbocycles. The highest BCUT2D eigenvalue weighted by atomic mass is 32.2. The van der Waals surface area contributed by atoms with Crippen LogP contribution < -0.4 is 0 Å². The van der Waals surface area contributed by atoms with E-state index < -0.39 is 38.4 Å². The monoisotopic (exact) mass is 336 g/mol. The standard InChI is InChI=1S/C12H14F2N2O3S2/c1-2-21(18,19)9-7-20-6-5-16(9)12(17)8-3-4-15-11(14)10(8)13/h3-4,9H,2,5-7H2,1H3. The number of sulfone groups is 1. The van der Waals surface area contributed by atoms with Crippen LogP contribution in [0.5, 0.6) is 0 Å². The number of nitrogens with zero attached hydrogens (tertiary/aromatic N) is 2. The maximum Gasteiger partial charge on any atom is 0.258 e. The van der Waals surface area contributed by atoms with E-state index in [0.29, 0.717) is 5.75 Å². The molecule has 0 aliphatic carbocycles. The van der Waals surface area contributed by atoms with Crippen LogP contribution in [0.1, 0.15) is 17.3 Å². The van der Waals surface area contributed by atoms with Gasteiger partial charge in [0.1, 0.15) is 5.37 Å². The lowest BCUT2D eigenvalue weighted by molar-refractivity contribution is 0.0743. The van der Waals surface area contributed by atoms with Crippen molar-refractivity contribution >= 4 is 27.5 Å². The van der Waals surface area contributed by atoms with E-state index in [1.165, 1.54) is 18.7 Å². The molecule has 2 heterocycles. The Balaban J connectivity index is 2.38. The van der Waals surface area contributed by atoms with Crippen molar-refractivity contribution in [1.29, 1.82) is 0 Å². The van der Waals surface area contributed by atoms with Crippen molar-refractivity contribution in [2.45, 2.75) is 12.3 Å². The molecule has 9 heteroatoms. The Kier molecular flexibility index (Phi) is 4.82. The van der Waals surface area contributed by atoms with Crippen LogP contribution in [0.25, 0.3) is 0 Å². The number of rotatable bonds is 3. The summed E-state index contributed by atoms with van der Waals surface area (Å²) in [5.41, 5.74) is -0.495. The van der Waals surface area contributed by atoms with E-state index in [4.69, 9.17) is 0 Å². The van der Waals surface area contributed by atoms with E-state index in [-0.39, 0.29) is 18.1 Å². The van der Waals surface area contributed by atoms with Gasteiger partial charge in [0.15, 0.2) is 15.7 Å². The fraction of sp³-hybridized carbons (Fsp3) is 0.500. The molecule has 0 aromatic carbocycles. The van der Waals surface area contributed by atoms with E-state index in [0.717, 1.165) is 17.2 Å². The molecule has 1 saturated heterocycles. The molecule has 1 amide bonds. The van der Waals surface area contributed by atoms with Gasteiger partial charge in [0.25, 0.3) is 5.91 Å². The van der Waals surface area contributed by atoms with Gasteiger partial charge in [-0.3, -0.25) is 4.79 Å². The van der Waals surface area contributed by atoms with Crippen LogP contribution >= 0.6 is 11.8 Å². The molecule has 0 radical (unpaired) electrons. The van der Waals surface area contributed by atoms with Crippen LogP contribution in [0.3, 0.4) is 0 Å². The molecule has 1 fully saturated rings. The summed E-state index contributed by atoms with van der Waals surface area (Å²) in [5.74, 6) is -2.88. The Morgan fingerprint density at radius 2 is 2.24 bits per heavy atom. The Hall–Kier alpha value is -1.22. The zero-order valence-corrected chi connectivity index (χ0v) is 12.9. The maximum atomic E-state index is 13.7. The molecule has 21 heavy (non-hydrogen) atoms. The highest BCUT2D eigenvalue weighted by Gasteiger charge is 2.37. The maximum absolute atomic E-state index is 13.7. The van der Waals surface area contributed by atoms with E-state index in [9.17, 15) is 22.0 Å². The third kappa shape index (κ3) is 3.18. The molecule has 1 aliphatic heterocycles. The Bertz CT molecular complexity index is 652. The van der Waals surface area contributed by atoms with Gasteiger partial charge >= 0.3 is 0 Å². The average Bonchev–Trinajstić information content (AvgIpc) is 2.49. The van der Waals surface area contributed by atoms with Gasteiger partial charge in [-0.05, 0) is 6.07 Å². The van der Waals surface area contributed by atoms with E-state index in [2.05, 4.69) is 4.98 Å². The van der Waals surface area contributed by atoms with Crippen LogP contribution in [0.2, 0.25) is 0 Å². The minimum atomic E-state index is -3.49. The van der Waals surface area contributed by atoms with Crippen molar-refractivity contribution in [1.82, 2.24) is 9.88 Å². The molecule has 116 valence electrons. The van der Waals surface area contributed by atoms with Gasteiger partial charge < -0.3 is 4.90 Å². The number of carbonyl (C=O) groups excluding carboxylic acids is 1. The zero-order valence-electron chi connectivity index (χ0n) is 11.3. The van der Waals surface area contributed by atoms with Gasteiger partial charge in [0.2, 0.25) is 5.95 Å². The topological polar surface area (TPSA) is 67.3 Å². The van der Waals surface area contributed by atoms with E-state index in [1.54, 1.807) is 0 Å². The lowest BCUT2D eigenvalue weighted by Gasteiger charge is -2.34. The largest absolute Gasteiger partial charge is 0.320 e.